The molecule has 0 heterocycles. The lowest BCUT2D eigenvalue weighted by atomic mass is 10.2. The van der Waals surface area contributed by atoms with Crippen molar-refractivity contribution in [3.63, 3.8) is 0 Å². The first-order valence-electron chi connectivity index (χ1n) is 6.41. The summed E-state index contributed by atoms with van der Waals surface area (Å²) in [6, 6.07) is 12.5. The molecule has 0 saturated carbocycles. The minimum absolute atomic E-state index is 0.0507. The van der Waals surface area contributed by atoms with Crippen LogP contribution in [0.1, 0.15) is 0 Å². The lowest BCUT2D eigenvalue weighted by Gasteiger charge is -2.19. The fraction of sp³-hybridized carbons (Fsp3) is 0.200. The van der Waals surface area contributed by atoms with Crippen LogP contribution in [0.2, 0.25) is 0 Å². The lowest BCUT2D eigenvalue weighted by Crippen LogP contribution is -2.23. The zero-order valence-corrected chi connectivity index (χ0v) is 11.5. The van der Waals surface area contributed by atoms with Crippen molar-refractivity contribution >= 4 is 11.4 Å². The topological polar surface area (TPSA) is 55.6 Å². The largest absolute Gasteiger partial charge is 0.489 e. The van der Waals surface area contributed by atoms with Crippen molar-refractivity contribution in [1.29, 1.82) is 0 Å². The maximum absolute atomic E-state index is 13.4. The molecule has 0 bridgehead atoms. The van der Waals surface area contributed by atoms with Gasteiger partial charge in [-0.3, -0.25) is 10.1 Å². The molecular formula is C15H15FN2O3. The number of halogens is 1. The molecule has 0 aliphatic rings. The van der Waals surface area contributed by atoms with Crippen molar-refractivity contribution in [3.8, 4) is 5.75 Å². The Hall–Kier alpha value is -2.63. The first kappa shape index (κ1) is 14.8. The Morgan fingerprint density at radius 3 is 2.48 bits per heavy atom. The van der Waals surface area contributed by atoms with Gasteiger partial charge in [-0.15, -0.1) is 0 Å². The van der Waals surface area contributed by atoms with Gasteiger partial charge in [-0.05, 0) is 24.3 Å². The summed E-state index contributed by atoms with van der Waals surface area (Å²) in [5, 5.41) is 10.6. The van der Waals surface area contributed by atoms with Gasteiger partial charge in [0, 0.05) is 24.9 Å². The maximum atomic E-state index is 13.4. The van der Waals surface area contributed by atoms with Crippen LogP contribution in [-0.2, 0) is 0 Å². The third-order valence-electron chi connectivity index (χ3n) is 3.02. The standard InChI is InChI=1S/C15H15FN2O3/c1-17(12-6-8-13(9-7-12)18(19)20)10-11-21-15-5-3-2-4-14(15)16/h2-9H,10-11H2,1H3. The second-order valence-electron chi connectivity index (χ2n) is 4.47. The normalized spacial score (nSPS) is 10.2. The van der Waals surface area contributed by atoms with Crippen molar-refractivity contribution in [2.75, 3.05) is 25.1 Å². The summed E-state index contributed by atoms with van der Waals surface area (Å²) in [7, 11) is 1.84. The summed E-state index contributed by atoms with van der Waals surface area (Å²) in [4.78, 5) is 12.0. The highest BCUT2D eigenvalue weighted by Crippen LogP contribution is 2.19. The highest BCUT2D eigenvalue weighted by molar-refractivity contribution is 5.50. The number of para-hydroxylation sites is 1. The van der Waals surface area contributed by atoms with Gasteiger partial charge in [-0.2, -0.15) is 0 Å². The van der Waals surface area contributed by atoms with E-state index in [0.717, 1.165) is 5.69 Å². The molecule has 0 spiro atoms. The van der Waals surface area contributed by atoms with Crippen LogP contribution >= 0.6 is 0 Å². The van der Waals surface area contributed by atoms with Gasteiger partial charge in [-0.1, -0.05) is 12.1 Å². The van der Waals surface area contributed by atoms with Crippen LogP contribution in [-0.4, -0.2) is 25.1 Å². The quantitative estimate of drug-likeness (QED) is 0.605. The third kappa shape index (κ3) is 3.92. The second kappa shape index (κ2) is 6.69. The average molecular weight is 290 g/mol. The van der Waals surface area contributed by atoms with Crippen LogP contribution in [0.15, 0.2) is 48.5 Å². The van der Waals surface area contributed by atoms with E-state index in [-0.39, 0.29) is 11.4 Å². The Labute approximate surface area is 121 Å². The third-order valence-corrected chi connectivity index (χ3v) is 3.02. The van der Waals surface area contributed by atoms with Crippen molar-refractivity contribution in [2.24, 2.45) is 0 Å². The van der Waals surface area contributed by atoms with Crippen molar-refractivity contribution < 1.29 is 14.1 Å². The minimum atomic E-state index is -0.439. The first-order valence-corrected chi connectivity index (χ1v) is 6.41. The number of nitro benzene ring substituents is 1. The number of benzene rings is 2. The van der Waals surface area contributed by atoms with Gasteiger partial charge in [0.1, 0.15) is 6.61 Å². The van der Waals surface area contributed by atoms with E-state index in [4.69, 9.17) is 4.74 Å². The van der Waals surface area contributed by atoms with E-state index in [1.165, 1.54) is 18.2 Å². The number of nitro groups is 1. The van der Waals surface area contributed by atoms with Crippen LogP contribution < -0.4 is 9.64 Å². The molecule has 6 heteroatoms. The molecule has 2 aromatic rings. The van der Waals surface area contributed by atoms with Gasteiger partial charge in [0.2, 0.25) is 0 Å². The number of rotatable bonds is 6. The fourth-order valence-corrected chi connectivity index (χ4v) is 1.81. The zero-order valence-electron chi connectivity index (χ0n) is 11.5. The molecule has 2 aromatic carbocycles. The summed E-state index contributed by atoms with van der Waals surface area (Å²) in [6.45, 7) is 0.848. The summed E-state index contributed by atoms with van der Waals surface area (Å²) >= 11 is 0. The average Bonchev–Trinajstić information content (AvgIpc) is 2.49. The molecule has 0 unspecified atom stereocenters. The van der Waals surface area contributed by atoms with E-state index in [0.29, 0.717) is 13.2 Å². The number of hydrogen-bond acceptors (Lipinski definition) is 4. The van der Waals surface area contributed by atoms with Crippen molar-refractivity contribution in [2.45, 2.75) is 0 Å². The van der Waals surface area contributed by atoms with Crippen molar-refractivity contribution in [1.82, 2.24) is 0 Å². The smallest absolute Gasteiger partial charge is 0.269 e. The number of hydrogen-bond donors (Lipinski definition) is 0. The Morgan fingerprint density at radius 2 is 1.86 bits per heavy atom. The number of non-ortho nitro benzene ring substituents is 1. The molecule has 0 aliphatic heterocycles. The van der Waals surface area contributed by atoms with Gasteiger partial charge in [0.05, 0.1) is 11.5 Å². The van der Waals surface area contributed by atoms with E-state index in [2.05, 4.69) is 0 Å². The number of anilines is 1. The van der Waals surface area contributed by atoms with Crippen molar-refractivity contribution in [3.05, 3.63) is 64.5 Å². The van der Waals surface area contributed by atoms with Crippen LogP contribution in [0.5, 0.6) is 5.75 Å². The van der Waals surface area contributed by atoms with E-state index < -0.39 is 10.7 Å². The summed E-state index contributed by atoms with van der Waals surface area (Å²) in [6.07, 6.45) is 0. The molecule has 0 saturated heterocycles. The summed E-state index contributed by atoms with van der Waals surface area (Å²) in [5.74, 6) is -0.176. The predicted molar refractivity (Wildman–Crippen MR) is 78.3 cm³/mol. The highest BCUT2D eigenvalue weighted by atomic mass is 19.1. The molecule has 110 valence electrons. The Morgan fingerprint density at radius 1 is 1.19 bits per heavy atom. The molecule has 0 aromatic heterocycles. The maximum Gasteiger partial charge on any atom is 0.269 e. The first-order chi connectivity index (χ1) is 10.1. The fourth-order valence-electron chi connectivity index (χ4n) is 1.81. The Kier molecular flexibility index (Phi) is 4.71. The molecule has 0 amide bonds. The summed E-state index contributed by atoms with van der Waals surface area (Å²) < 4.78 is 18.7. The van der Waals surface area contributed by atoms with Crippen LogP contribution in [0.3, 0.4) is 0 Å². The molecule has 21 heavy (non-hydrogen) atoms. The predicted octanol–water partition coefficient (Wildman–Crippen LogP) is 3.25. The van der Waals surface area contributed by atoms with E-state index in [9.17, 15) is 14.5 Å². The van der Waals surface area contributed by atoms with Crippen LogP contribution in [0.4, 0.5) is 15.8 Å². The van der Waals surface area contributed by atoms with Crippen LogP contribution in [0.25, 0.3) is 0 Å². The summed E-state index contributed by atoms with van der Waals surface area (Å²) in [5.41, 5.74) is 0.882. The molecule has 0 aliphatic carbocycles. The lowest BCUT2D eigenvalue weighted by molar-refractivity contribution is -0.384. The molecule has 0 N–H and O–H groups in total. The monoisotopic (exact) mass is 290 g/mol. The molecular weight excluding hydrogens is 275 g/mol. The van der Waals surface area contributed by atoms with Gasteiger partial charge < -0.3 is 9.64 Å². The molecule has 0 atom stereocenters. The van der Waals surface area contributed by atoms with E-state index in [1.807, 2.05) is 11.9 Å². The molecule has 2 rings (SSSR count). The van der Waals surface area contributed by atoms with E-state index in [1.54, 1.807) is 30.3 Å². The number of nitrogens with zero attached hydrogens (tertiary/aromatic N) is 2. The Bertz CT molecular complexity index is 617. The SMILES string of the molecule is CN(CCOc1ccccc1F)c1ccc([N+](=O)[O-])cc1. The second-order valence-corrected chi connectivity index (χ2v) is 4.47. The number of likely N-dealkylation sites (N-methyl/N-ethyl adjacent to an activating group) is 1. The molecule has 0 radical (unpaired) electrons. The Balaban J connectivity index is 1.88. The van der Waals surface area contributed by atoms with Crippen LogP contribution in [0, 0.1) is 15.9 Å². The minimum Gasteiger partial charge on any atom is -0.489 e. The van der Waals surface area contributed by atoms with Gasteiger partial charge in [-0.25, -0.2) is 4.39 Å². The van der Waals surface area contributed by atoms with Gasteiger partial charge in [0.25, 0.3) is 5.69 Å². The van der Waals surface area contributed by atoms with Gasteiger partial charge in [0.15, 0.2) is 11.6 Å². The molecule has 0 fully saturated rings. The van der Waals surface area contributed by atoms with E-state index >= 15 is 0 Å². The zero-order chi connectivity index (χ0) is 15.2. The highest BCUT2D eigenvalue weighted by Gasteiger charge is 2.07. The van der Waals surface area contributed by atoms with Gasteiger partial charge >= 0.3 is 0 Å². The number of ether oxygens (including phenoxy) is 1. The molecule has 5 nitrogen and oxygen atoms in total.